The van der Waals surface area contributed by atoms with E-state index in [9.17, 15) is 19.2 Å². The van der Waals surface area contributed by atoms with Crippen LogP contribution < -0.4 is 0 Å². The molecule has 0 fully saturated rings. The summed E-state index contributed by atoms with van der Waals surface area (Å²) in [6, 6.07) is 14.4. The molecule has 9 nitrogen and oxygen atoms in total. The van der Waals surface area contributed by atoms with E-state index in [0.29, 0.717) is 12.1 Å². The van der Waals surface area contributed by atoms with Crippen LogP contribution in [0.15, 0.2) is 73.8 Å². The molecule has 0 spiro atoms. The van der Waals surface area contributed by atoms with Gasteiger partial charge in [0, 0.05) is 25.1 Å². The lowest BCUT2D eigenvalue weighted by atomic mass is 10.0. The van der Waals surface area contributed by atoms with Gasteiger partial charge in [-0.2, -0.15) is 0 Å². The van der Waals surface area contributed by atoms with Crippen LogP contribution in [0.25, 0.3) is 0 Å². The second kappa shape index (κ2) is 18.2. The number of hydrogen-bond donors (Lipinski definition) is 0. The summed E-state index contributed by atoms with van der Waals surface area (Å²) in [7, 11) is 0. The first-order chi connectivity index (χ1) is 19.8. The fraction of sp³-hybridized carbons (Fsp3) is 0.375. The predicted octanol–water partition coefficient (Wildman–Crippen LogP) is 4.67. The third-order valence-corrected chi connectivity index (χ3v) is 6.47. The highest BCUT2D eigenvalue weighted by Crippen LogP contribution is 2.18. The summed E-state index contributed by atoms with van der Waals surface area (Å²) in [4.78, 5) is 50.7. The van der Waals surface area contributed by atoms with Crippen molar-refractivity contribution < 1.29 is 38.1 Å². The first-order valence-electron chi connectivity index (χ1n) is 13.6. The van der Waals surface area contributed by atoms with E-state index in [-0.39, 0.29) is 39.3 Å². The molecule has 0 saturated carbocycles. The zero-order valence-corrected chi connectivity index (χ0v) is 23.8. The number of nitrogens with zero attached hydrogens (tertiary/aromatic N) is 1. The summed E-state index contributed by atoms with van der Waals surface area (Å²) in [6.07, 6.45) is 2.46. The zero-order chi connectivity index (χ0) is 30.0. The van der Waals surface area contributed by atoms with E-state index < -0.39 is 29.8 Å². The van der Waals surface area contributed by atoms with Gasteiger partial charge in [-0.1, -0.05) is 75.5 Å². The fourth-order valence-electron chi connectivity index (χ4n) is 3.96. The number of ether oxygens (including phenoxy) is 4. The lowest BCUT2D eigenvalue weighted by Crippen LogP contribution is -2.34. The van der Waals surface area contributed by atoms with E-state index >= 15 is 0 Å². The van der Waals surface area contributed by atoms with Gasteiger partial charge in [0.2, 0.25) is 0 Å². The molecule has 2 aromatic carbocycles. The van der Waals surface area contributed by atoms with Crippen LogP contribution in [0, 0.1) is 5.92 Å². The van der Waals surface area contributed by atoms with Crippen LogP contribution in [0.3, 0.4) is 0 Å². The highest BCUT2D eigenvalue weighted by atomic mass is 16.5. The van der Waals surface area contributed by atoms with Gasteiger partial charge in [-0.05, 0) is 41.8 Å². The number of hydrogen-bond acceptors (Lipinski definition) is 9. The van der Waals surface area contributed by atoms with Gasteiger partial charge in [-0.3, -0.25) is 9.59 Å². The van der Waals surface area contributed by atoms with Crippen LogP contribution in [0.2, 0.25) is 0 Å². The van der Waals surface area contributed by atoms with Gasteiger partial charge < -0.3 is 23.8 Å². The number of carbonyl (C=O) groups is 4. The van der Waals surface area contributed by atoms with Crippen molar-refractivity contribution in [1.82, 2.24) is 4.90 Å². The Hall–Kier alpha value is -4.24. The Kier molecular flexibility index (Phi) is 14.6. The molecule has 2 aromatic rings. The summed E-state index contributed by atoms with van der Waals surface area (Å²) >= 11 is 0. The molecule has 0 heterocycles. The molecule has 0 aromatic heterocycles. The summed E-state index contributed by atoms with van der Waals surface area (Å²) in [5.74, 6) is -2.49. The van der Waals surface area contributed by atoms with Gasteiger partial charge in [0.1, 0.15) is 26.4 Å². The Morgan fingerprint density at radius 2 is 1.12 bits per heavy atom. The van der Waals surface area contributed by atoms with Crippen molar-refractivity contribution in [2.75, 3.05) is 19.6 Å². The van der Waals surface area contributed by atoms with Crippen molar-refractivity contribution in [2.45, 2.75) is 53.1 Å². The van der Waals surface area contributed by atoms with Crippen molar-refractivity contribution in [3.8, 4) is 0 Å². The first-order valence-corrected chi connectivity index (χ1v) is 13.6. The lowest BCUT2D eigenvalue weighted by Gasteiger charge is -2.24. The maximum atomic E-state index is 13.1. The maximum absolute atomic E-state index is 13.1. The maximum Gasteiger partial charge on any atom is 0.330 e. The number of benzene rings is 2. The molecule has 41 heavy (non-hydrogen) atoms. The smallest absolute Gasteiger partial charge is 0.330 e. The molecule has 0 saturated heterocycles. The van der Waals surface area contributed by atoms with E-state index in [0.717, 1.165) is 41.9 Å². The standard InChI is InChI=1S/C32H39NO8/c1-5-29(34)38-20-25-13-9-10-15-27(25)22-40-31(36)18-17-24(19-33(7-3)8-4)32(37)41-23-28-16-12-11-14-26(28)21-39-30(35)6-2/h5-6,9-16,24H,1-2,7-8,17-23H2,3-4H3. The van der Waals surface area contributed by atoms with Crippen LogP contribution in [0.1, 0.15) is 48.9 Å². The summed E-state index contributed by atoms with van der Waals surface area (Å²) < 4.78 is 21.4. The minimum absolute atomic E-state index is 0.00700. The van der Waals surface area contributed by atoms with Crippen molar-refractivity contribution in [3.05, 3.63) is 96.1 Å². The summed E-state index contributed by atoms with van der Waals surface area (Å²) in [5.41, 5.74) is 2.88. The van der Waals surface area contributed by atoms with Crippen molar-refractivity contribution >= 4 is 23.9 Å². The van der Waals surface area contributed by atoms with Gasteiger partial charge in [0.25, 0.3) is 0 Å². The topological polar surface area (TPSA) is 108 Å². The molecular weight excluding hydrogens is 526 g/mol. The Morgan fingerprint density at radius 3 is 1.54 bits per heavy atom. The molecule has 2 rings (SSSR count). The largest absolute Gasteiger partial charge is 0.461 e. The van der Waals surface area contributed by atoms with Gasteiger partial charge in [-0.15, -0.1) is 0 Å². The van der Waals surface area contributed by atoms with Crippen LogP contribution in [0.5, 0.6) is 0 Å². The lowest BCUT2D eigenvalue weighted by molar-refractivity contribution is -0.152. The van der Waals surface area contributed by atoms with Crippen molar-refractivity contribution in [2.24, 2.45) is 5.92 Å². The second-order valence-electron chi connectivity index (χ2n) is 9.15. The van der Waals surface area contributed by atoms with E-state index in [1.54, 1.807) is 36.4 Å². The SMILES string of the molecule is C=CC(=O)OCc1ccccc1COC(=O)CCC(CN(CC)CC)C(=O)OCc1ccccc1COC(=O)C=C. The molecule has 0 radical (unpaired) electrons. The monoisotopic (exact) mass is 565 g/mol. The number of carbonyl (C=O) groups excluding carboxylic acids is 4. The highest BCUT2D eigenvalue weighted by Gasteiger charge is 2.24. The molecule has 9 heteroatoms. The third kappa shape index (κ3) is 11.8. The van der Waals surface area contributed by atoms with Gasteiger partial charge in [0.15, 0.2) is 0 Å². The average Bonchev–Trinajstić information content (AvgIpc) is 3.00. The fourth-order valence-corrected chi connectivity index (χ4v) is 3.96. The molecule has 0 aliphatic rings. The number of rotatable bonds is 18. The molecule has 0 aliphatic carbocycles. The van der Waals surface area contributed by atoms with E-state index in [1.807, 2.05) is 26.0 Å². The highest BCUT2D eigenvalue weighted by molar-refractivity contribution is 5.81. The van der Waals surface area contributed by atoms with E-state index in [1.165, 1.54) is 0 Å². The minimum Gasteiger partial charge on any atom is -0.461 e. The molecule has 0 aliphatic heterocycles. The molecule has 0 bridgehead atoms. The second-order valence-corrected chi connectivity index (χ2v) is 9.15. The molecule has 0 amide bonds. The molecule has 220 valence electrons. The molecule has 1 atom stereocenters. The van der Waals surface area contributed by atoms with Gasteiger partial charge in [0.05, 0.1) is 5.92 Å². The van der Waals surface area contributed by atoms with Gasteiger partial charge in [-0.25, -0.2) is 9.59 Å². The predicted molar refractivity (Wildman–Crippen MR) is 153 cm³/mol. The molecular formula is C32H39NO8. The van der Waals surface area contributed by atoms with E-state index in [4.69, 9.17) is 18.9 Å². The quantitative estimate of drug-likeness (QED) is 0.145. The van der Waals surface area contributed by atoms with E-state index in [2.05, 4.69) is 18.1 Å². The van der Waals surface area contributed by atoms with Crippen LogP contribution in [0.4, 0.5) is 0 Å². The average molecular weight is 566 g/mol. The van der Waals surface area contributed by atoms with Crippen molar-refractivity contribution in [3.63, 3.8) is 0 Å². The van der Waals surface area contributed by atoms with Crippen LogP contribution >= 0.6 is 0 Å². The normalized spacial score (nSPS) is 11.3. The van der Waals surface area contributed by atoms with Crippen LogP contribution in [-0.4, -0.2) is 48.4 Å². The molecule has 0 N–H and O–H groups in total. The Balaban J connectivity index is 1.98. The first kappa shape index (κ1) is 33.0. The zero-order valence-electron chi connectivity index (χ0n) is 23.8. The Bertz CT molecular complexity index is 1190. The van der Waals surface area contributed by atoms with Crippen LogP contribution in [-0.2, 0) is 64.6 Å². The Morgan fingerprint density at radius 1 is 0.707 bits per heavy atom. The molecule has 1 unspecified atom stereocenters. The van der Waals surface area contributed by atoms with Crippen molar-refractivity contribution in [1.29, 1.82) is 0 Å². The number of esters is 4. The summed E-state index contributed by atoms with van der Waals surface area (Å²) in [6.45, 7) is 12.8. The Labute approximate surface area is 241 Å². The minimum atomic E-state index is -0.543. The third-order valence-electron chi connectivity index (χ3n) is 6.47. The van der Waals surface area contributed by atoms with Gasteiger partial charge >= 0.3 is 23.9 Å². The summed E-state index contributed by atoms with van der Waals surface area (Å²) in [5, 5.41) is 0.